The van der Waals surface area contributed by atoms with Crippen molar-refractivity contribution in [1.82, 2.24) is 0 Å². The van der Waals surface area contributed by atoms with Crippen LogP contribution in [0.5, 0.6) is 0 Å². The third kappa shape index (κ3) is 1.76. The molecule has 0 fully saturated rings. The Labute approximate surface area is 94.6 Å². The molecule has 2 N–H and O–H groups in total. The van der Waals surface area contributed by atoms with Crippen molar-refractivity contribution >= 4 is 21.5 Å². The van der Waals surface area contributed by atoms with Crippen molar-refractivity contribution in [3.05, 3.63) is 29.3 Å². The van der Waals surface area contributed by atoms with Crippen LogP contribution in [0.3, 0.4) is 0 Å². The van der Waals surface area contributed by atoms with Crippen molar-refractivity contribution in [3.63, 3.8) is 0 Å². The van der Waals surface area contributed by atoms with Gasteiger partial charge < -0.3 is 10.6 Å². The Balaban J connectivity index is 2.70. The molecule has 1 aromatic rings. The van der Waals surface area contributed by atoms with Crippen molar-refractivity contribution in [2.24, 2.45) is 10.1 Å². The van der Waals surface area contributed by atoms with Crippen LogP contribution in [0.25, 0.3) is 0 Å². The van der Waals surface area contributed by atoms with Gasteiger partial charge in [-0.25, -0.2) is 8.42 Å². The summed E-state index contributed by atoms with van der Waals surface area (Å²) in [5, 5.41) is 0. The molecular formula is C10H13N3O2S. The van der Waals surface area contributed by atoms with Gasteiger partial charge in [0.2, 0.25) is 0 Å². The lowest BCUT2D eigenvalue weighted by atomic mass is 10.0. The quantitative estimate of drug-likeness (QED) is 0.765. The van der Waals surface area contributed by atoms with E-state index in [4.69, 9.17) is 5.73 Å². The maximum Gasteiger partial charge on any atom is 0.259 e. The molecule has 0 aromatic heterocycles. The molecule has 16 heavy (non-hydrogen) atoms. The van der Waals surface area contributed by atoms with Gasteiger partial charge in [-0.2, -0.15) is 0 Å². The van der Waals surface area contributed by atoms with Crippen LogP contribution in [-0.2, 0) is 15.8 Å². The summed E-state index contributed by atoms with van der Waals surface area (Å²) >= 11 is 0. The summed E-state index contributed by atoms with van der Waals surface area (Å²) in [4.78, 5) is 1.89. The van der Waals surface area contributed by atoms with Gasteiger partial charge in [0, 0.05) is 25.3 Å². The van der Waals surface area contributed by atoms with Crippen LogP contribution in [-0.4, -0.2) is 28.3 Å². The van der Waals surface area contributed by atoms with E-state index in [9.17, 15) is 8.42 Å². The molecule has 0 bridgehead atoms. The van der Waals surface area contributed by atoms with Crippen LogP contribution in [0.15, 0.2) is 22.6 Å². The molecule has 5 nitrogen and oxygen atoms in total. The first kappa shape index (κ1) is 10.9. The summed E-state index contributed by atoms with van der Waals surface area (Å²) in [5.74, 6) is -0.00407. The van der Waals surface area contributed by atoms with Crippen LogP contribution in [0, 0.1) is 0 Å². The van der Waals surface area contributed by atoms with Gasteiger partial charge in [0.1, 0.15) is 5.84 Å². The highest BCUT2D eigenvalue weighted by atomic mass is 32.2. The average Bonchev–Trinajstić information content (AvgIpc) is 2.14. The van der Waals surface area contributed by atoms with Gasteiger partial charge >= 0.3 is 0 Å². The summed E-state index contributed by atoms with van der Waals surface area (Å²) in [5.41, 5.74) is 8.02. The third-order valence-electron chi connectivity index (χ3n) is 2.44. The summed E-state index contributed by atoms with van der Waals surface area (Å²) in [6.07, 6.45) is 0. The van der Waals surface area contributed by atoms with Gasteiger partial charge in [-0.1, -0.05) is 12.1 Å². The topological polar surface area (TPSA) is 75.8 Å². The number of nitrogens with zero attached hydrogens (tertiary/aromatic N) is 2. The fourth-order valence-electron chi connectivity index (χ4n) is 1.80. The van der Waals surface area contributed by atoms with E-state index in [0.29, 0.717) is 5.56 Å². The molecule has 0 aliphatic carbocycles. The molecule has 0 atom stereocenters. The van der Waals surface area contributed by atoms with Gasteiger partial charge in [0.05, 0.1) is 5.75 Å². The number of sulfonamides is 1. The molecule has 0 spiro atoms. The number of amidine groups is 1. The zero-order chi connectivity index (χ0) is 11.9. The van der Waals surface area contributed by atoms with Crippen molar-refractivity contribution in [3.8, 4) is 0 Å². The Morgan fingerprint density at radius 2 is 2.06 bits per heavy atom. The summed E-state index contributed by atoms with van der Waals surface area (Å²) in [6.45, 7) is 0. The normalized spacial score (nSPS) is 17.5. The largest absolute Gasteiger partial charge is 0.382 e. The summed E-state index contributed by atoms with van der Waals surface area (Å²) in [7, 11) is 0.319. The van der Waals surface area contributed by atoms with E-state index in [-0.39, 0.29) is 11.6 Å². The zero-order valence-corrected chi connectivity index (χ0v) is 9.95. The molecule has 0 saturated heterocycles. The molecule has 1 aliphatic rings. The Kier molecular flexibility index (Phi) is 2.38. The number of anilines is 1. The number of hydrogen-bond acceptors (Lipinski definition) is 4. The Hall–Kier alpha value is -1.56. The Morgan fingerprint density at radius 3 is 2.69 bits per heavy atom. The second kappa shape index (κ2) is 3.48. The van der Waals surface area contributed by atoms with Crippen molar-refractivity contribution < 1.29 is 8.42 Å². The fraction of sp³-hybridized carbons (Fsp3) is 0.300. The van der Waals surface area contributed by atoms with E-state index in [1.165, 1.54) is 0 Å². The van der Waals surface area contributed by atoms with E-state index in [0.717, 1.165) is 11.3 Å². The minimum absolute atomic E-state index is 0.0746. The first-order valence-corrected chi connectivity index (χ1v) is 6.39. The van der Waals surface area contributed by atoms with E-state index in [1.54, 1.807) is 6.07 Å². The maximum atomic E-state index is 11.4. The maximum absolute atomic E-state index is 11.4. The van der Waals surface area contributed by atoms with Crippen LogP contribution in [0.2, 0.25) is 0 Å². The van der Waals surface area contributed by atoms with Crippen molar-refractivity contribution in [2.45, 2.75) is 5.75 Å². The Bertz CT molecular complexity index is 561. The highest BCUT2D eigenvalue weighted by molar-refractivity contribution is 7.89. The first-order valence-electron chi connectivity index (χ1n) is 4.78. The number of benzene rings is 1. The number of fused-ring (bicyclic) bond motifs is 1. The smallest absolute Gasteiger partial charge is 0.259 e. The van der Waals surface area contributed by atoms with Gasteiger partial charge in [0.15, 0.2) is 0 Å². The molecular weight excluding hydrogens is 226 g/mol. The lowest BCUT2D eigenvalue weighted by molar-refractivity contribution is 0.596. The van der Waals surface area contributed by atoms with E-state index >= 15 is 0 Å². The standard InChI is InChI=1S/C10H13N3O2S/c1-13(2)8-5-3-4-7-6-16(14,15)12-10(11)9(7)8/h3-5H,6H2,1-2H3,(H2,11,12). The predicted molar refractivity (Wildman–Crippen MR) is 64.1 cm³/mol. The Morgan fingerprint density at radius 1 is 1.38 bits per heavy atom. The average molecular weight is 239 g/mol. The molecule has 6 heteroatoms. The monoisotopic (exact) mass is 239 g/mol. The molecule has 86 valence electrons. The van der Waals surface area contributed by atoms with Gasteiger partial charge in [-0.05, 0) is 11.6 Å². The number of rotatable bonds is 1. The molecule has 1 aromatic carbocycles. The first-order chi connectivity index (χ1) is 7.41. The highest BCUT2D eigenvalue weighted by Crippen LogP contribution is 2.27. The highest BCUT2D eigenvalue weighted by Gasteiger charge is 2.24. The van der Waals surface area contributed by atoms with Gasteiger partial charge in [-0.15, -0.1) is 4.40 Å². The van der Waals surface area contributed by atoms with Crippen molar-refractivity contribution in [2.75, 3.05) is 19.0 Å². The fourth-order valence-corrected chi connectivity index (χ4v) is 2.89. The zero-order valence-electron chi connectivity index (χ0n) is 9.14. The molecule has 0 saturated carbocycles. The van der Waals surface area contributed by atoms with Crippen LogP contribution >= 0.6 is 0 Å². The molecule has 0 unspecified atom stereocenters. The lowest BCUT2D eigenvalue weighted by Crippen LogP contribution is -2.26. The predicted octanol–water partition coefficient (Wildman–Crippen LogP) is 0.301. The van der Waals surface area contributed by atoms with Crippen LogP contribution in [0.1, 0.15) is 11.1 Å². The number of hydrogen-bond donors (Lipinski definition) is 1. The van der Waals surface area contributed by atoms with Gasteiger partial charge in [0.25, 0.3) is 10.0 Å². The lowest BCUT2D eigenvalue weighted by Gasteiger charge is -2.22. The molecule has 0 radical (unpaired) electrons. The van der Waals surface area contributed by atoms with Crippen LogP contribution in [0.4, 0.5) is 5.69 Å². The second-order valence-corrected chi connectivity index (χ2v) is 5.54. The SMILES string of the molecule is CN(C)c1cccc2c1C(N)=NS(=O)(=O)C2. The molecule has 0 amide bonds. The minimum Gasteiger partial charge on any atom is -0.382 e. The molecule has 1 heterocycles. The third-order valence-corrected chi connectivity index (χ3v) is 3.59. The van der Waals surface area contributed by atoms with Crippen molar-refractivity contribution in [1.29, 1.82) is 0 Å². The second-order valence-electron chi connectivity index (χ2n) is 3.91. The summed E-state index contributed by atoms with van der Waals surface area (Å²) < 4.78 is 26.4. The molecule has 1 aliphatic heterocycles. The van der Waals surface area contributed by atoms with Gasteiger partial charge in [-0.3, -0.25) is 0 Å². The van der Waals surface area contributed by atoms with E-state index < -0.39 is 10.0 Å². The van der Waals surface area contributed by atoms with Crippen LogP contribution < -0.4 is 10.6 Å². The van der Waals surface area contributed by atoms with E-state index in [1.807, 2.05) is 31.1 Å². The minimum atomic E-state index is -3.44. The summed E-state index contributed by atoms with van der Waals surface area (Å²) in [6, 6.07) is 5.48. The molecule has 2 rings (SSSR count). The van der Waals surface area contributed by atoms with E-state index in [2.05, 4.69) is 4.40 Å². The number of nitrogens with two attached hydrogens (primary N) is 1.